The maximum atomic E-state index is 13.2. The molecule has 6 rings (SSSR count). The molecule has 0 saturated carbocycles. The molecular weight excluding hydrogens is 530 g/mol. The van der Waals surface area contributed by atoms with E-state index in [-0.39, 0.29) is 30.8 Å². The van der Waals surface area contributed by atoms with Gasteiger partial charge in [-0.05, 0) is 54.8 Å². The van der Waals surface area contributed by atoms with E-state index < -0.39 is 6.10 Å². The molecule has 4 atom stereocenters. The highest BCUT2D eigenvalue weighted by Gasteiger charge is 2.38. The van der Waals surface area contributed by atoms with Crippen molar-refractivity contribution in [1.82, 2.24) is 9.80 Å². The number of rotatable bonds is 7. The molecule has 0 radical (unpaired) electrons. The van der Waals surface area contributed by atoms with Gasteiger partial charge in [-0.25, -0.2) is 0 Å². The van der Waals surface area contributed by atoms with Crippen molar-refractivity contribution in [2.24, 2.45) is 0 Å². The Labute approximate surface area is 248 Å². The third kappa shape index (κ3) is 7.31. The maximum Gasteiger partial charge on any atom is 0.225 e. The topological polar surface area (TPSA) is 74.7 Å². The number of nitrogens with zero attached hydrogens (tertiary/aromatic N) is 3. The summed E-state index contributed by atoms with van der Waals surface area (Å²) in [5.41, 5.74) is 2.36. The zero-order valence-electron chi connectivity index (χ0n) is 24.1. The molecule has 3 aliphatic rings. The Kier molecular flexibility index (Phi) is 9.35. The number of carbonyl (C=O) groups is 1. The second-order valence-corrected chi connectivity index (χ2v) is 11.5. The van der Waals surface area contributed by atoms with Crippen molar-refractivity contribution in [2.75, 3.05) is 50.8 Å². The number of hydrogen-bond acceptors (Lipinski definition) is 7. The number of benzene rings is 3. The smallest absolute Gasteiger partial charge is 0.225 e. The van der Waals surface area contributed by atoms with Crippen molar-refractivity contribution in [3.8, 4) is 11.5 Å². The van der Waals surface area contributed by atoms with Crippen LogP contribution in [0.2, 0.25) is 0 Å². The van der Waals surface area contributed by atoms with Gasteiger partial charge in [0.05, 0.1) is 37.9 Å². The summed E-state index contributed by atoms with van der Waals surface area (Å²) in [6, 6.07) is 28.4. The molecule has 1 N–H and O–H groups in total. The van der Waals surface area contributed by atoms with Gasteiger partial charge in [-0.15, -0.1) is 0 Å². The van der Waals surface area contributed by atoms with Crippen LogP contribution in [0.5, 0.6) is 11.5 Å². The van der Waals surface area contributed by atoms with E-state index in [0.717, 1.165) is 56.1 Å². The first-order chi connectivity index (χ1) is 20.6. The van der Waals surface area contributed by atoms with Crippen molar-refractivity contribution < 1.29 is 24.1 Å². The molecule has 1 amide bonds. The van der Waals surface area contributed by atoms with E-state index in [4.69, 9.17) is 14.2 Å². The monoisotopic (exact) mass is 571 g/mol. The average molecular weight is 572 g/mol. The van der Waals surface area contributed by atoms with Gasteiger partial charge in [0, 0.05) is 51.0 Å². The van der Waals surface area contributed by atoms with Crippen LogP contribution < -0.4 is 9.64 Å². The Morgan fingerprint density at radius 2 is 1.52 bits per heavy atom. The fraction of sp³-hybridized carbons (Fsp3) is 0.441. The molecule has 3 fully saturated rings. The van der Waals surface area contributed by atoms with Gasteiger partial charge in [0.2, 0.25) is 5.91 Å². The molecule has 8 nitrogen and oxygen atoms in total. The second kappa shape index (κ2) is 13.7. The first kappa shape index (κ1) is 28.7. The first-order valence-corrected chi connectivity index (χ1v) is 15.2. The second-order valence-electron chi connectivity index (χ2n) is 11.5. The lowest BCUT2D eigenvalue weighted by molar-refractivity contribution is -0.161. The van der Waals surface area contributed by atoms with Crippen molar-refractivity contribution >= 4 is 11.6 Å². The maximum absolute atomic E-state index is 13.2. The highest BCUT2D eigenvalue weighted by molar-refractivity contribution is 5.77. The molecule has 0 aliphatic carbocycles. The lowest BCUT2D eigenvalue weighted by Crippen LogP contribution is -2.56. The summed E-state index contributed by atoms with van der Waals surface area (Å²) >= 11 is 0. The number of amides is 1. The third-order valence-corrected chi connectivity index (χ3v) is 8.53. The van der Waals surface area contributed by atoms with E-state index in [1.807, 2.05) is 53.4 Å². The van der Waals surface area contributed by atoms with Crippen LogP contribution in [0.15, 0.2) is 84.9 Å². The quantitative estimate of drug-likeness (QED) is 0.453. The van der Waals surface area contributed by atoms with Gasteiger partial charge in [0.1, 0.15) is 11.5 Å². The molecule has 222 valence electrons. The Hall–Kier alpha value is -3.43. The van der Waals surface area contributed by atoms with Crippen molar-refractivity contribution in [1.29, 1.82) is 0 Å². The summed E-state index contributed by atoms with van der Waals surface area (Å²) in [7, 11) is 0. The van der Waals surface area contributed by atoms with E-state index in [1.54, 1.807) is 0 Å². The van der Waals surface area contributed by atoms with Gasteiger partial charge >= 0.3 is 0 Å². The predicted octanol–water partition coefficient (Wildman–Crippen LogP) is 4.33. The first-order valence-electron chi connectivity index (χ1n) is 15.2. The SMILES string of the molecule is O=C(C[C@@H]1CC[C@@H]2[C@H](COC[C@H](O)CN2Cc2ccc(Oc3ccccc3)cc2)O1)N1CCN(c2ccccc2)CC1. The van der Waals surface area contributed by atoms with Crippen LogP contribution in [0, 0.1) is 0 Å². The summed E-state index contributed by atoms with van der Waals surface area (Å²) in [4.78, 5) is 19.9. The number of ether oxygens (including phenoxy) is 3. The van der Waals surface area contributed by atoms with Crippen LogP contribution in [0.3, 0.4) is 0 Å². The van der Waals surface area contributed by atoms with Crippen LogP contribution in [-0.4, -0.2) is 91.1 Å². The van der Waals surface area contributed by atoms with Crippen LogP contribution in [0.4, 0.5) is 5.69 Å². The lowest BCUT2D eigenvalue weighted by Gasteiger charge is -2.45. The zero-order valence-corrected chi connectivity index (χ0v) is 24.1. The highest BCUT2D eigenvalue weighted by Crippen LogP contribution is 2.30. The standard InChI is InChI=1S/C34H41N3O5/c38-28-23-37(22-26-11-13-30(14-12-26)41-29-9-5-2-6-10-29)32-16-15-31(42-33(32)25-40-24-28)21-34(39)36-19-17-35(18-20-36)27-7-3-1-4-8-27/h1-14,28,31-33,38H,15-25H2/t28-,31+,32-,33+/m1/s1. The van der Waals surface area contributed by atoms with Gasteiger partial charge in [-0.3, -0.25) is 9.69 Å². The highest BCUT2D eigenvalue weighted by atomic mass is 16.5. The number of aliphatic hydroxyl groups is 1. The number of hydrogen-bond donors (Lipinski definition) is 1. The molecule has 0 bridgehead atoms. The lowest BCUT2D eigenvalue weighted by atomic mass is 9.94. The summed E-state index contributed by atoms with van der Waals surface area (Å²) in [5, 5.41) is 10.6. The minimum Gasteiger partial charge on any atom is -0.457 e. The third-order valence-electron chi connectivity index (χ3n) is 8.53. The van der Waals surface area contributed by atoms with E-state index in [2.05, 4.69) is 46.2 Å². The molecule has 42 heavy (non-hydrogen) atoms. The summed E-state index contributed by atoms with van der Waals surface area (Å²) in [6.07, 6.45) is 1.30. The van der Waals surface area contributed by atoms with Crippen molar-refractivity contribution in [2.45, 2.75) is 50.2 Å². The molecule has 3 aliphatic heterocycles. The number of anilines is 1. The van der Waals surface area contributed by atoms with Crippen LogP contribution in [-0.2, 0) is 20.8 Å². The number of β-amino-alcohol motifs (C(OH)–C–C–N with tert-alkyl or cyclic N) is 1. The molecule has 8 heteroatoms. The van der Waals surface area contributed by atoms with Crippen molar-refractivity contribution in [3.63, 3.8) is 0 Å². The number of fused-ring (bicyclic) bond motifs is 1. The summed E-state index contributed by atoms with van der Waals surface area (Å²) < 4.78 is 18.3. The number of aliphatic hydroxyl groups excluding tert-OH is 1. The Balaban J connectivity index is 1.03. The summed E-state index contributed by atoms with van der Waals surface area (Å²) in [6.45, 7) is 5.06. The Morgan fingerprint density at radius 1 is 0.833 bits per heavy atom. The minimum absolute atomic E-state index is 0.112. The number of piperazine rings is 1. The Morgan fingerprint density at radius 3 is 2.26 bits per heavy atom. The fourth-order valence-corrected chi connectivity index (χ4v) is 6.33. The van der Waals surface area contributed by atoms with Gasteiger partial charge in [0.15, 0.2) is 0 Å². The fourth-order valence-electron chi connectivity index (χ4n) is 6.33. The van der Waals surface area contributed by atoms with Crippen LogP contribution >= 0.6 is 0 Å². The zero-order chi connectivity index (χ0) is 28.7. The van der Waals surface area contributed by atoms with E-state index >= 15 is 0 Å². The Bertz CT molecular complexity index is 1270. The number of para-hydroxylation sites is 2. The van der Waals surface area contributed by atoms with E-state index in [9.17, 15) is 9.90 Å². The van der Waals surface area contributed by atoms with Gasteiger partial charge in [0.25, 0.3) is 0 Å². The molecule has 3 saturated heterocycles. The molecule has 0 spiro atoms. The molecule has 3 aromatic rings. The van der Waals surface area contributed by atoms with Crippen LogP contribution in [0.1, 0.15) is 24.8 Å². The van der Waals surface area contributed by atoms with Gasteiger partial charge in [-0.2, -0.15) is 0 Å². The van der Waals surface area contributed by atoms with Gasteiger partial charge < -0.3 is 29.1 Å². The molecule has 0 unspecified atom stereocenters. The predicted molar refractivity (Wildman–Crippen MR) is 162 cm³/mol. The molecular formula is C34H41N3O5. The minimum atomic E-state index is -0.555. The van der Waals surface area contributed by atoms with Gasteiger partial charge in [-0.1, -0.05) is 48.5 Å². The summed E-state index contributed by atoms with van der Waals surface area (Å²) in [5.74, 6) is 1.77. The molecule has 3 aromatic carbocycles. The van der Waals surface area contributed by atoms with Crippen molar-refractivity contribution in [3.05, 3.63) is 90.5 Å². The molecule has 3 heterocycles. The average Bonchev–Trinajstić information content (AvgIpc) is 3.02. The number of carbonyl (C=O) groups excluding carboxylic acids is 1. The largest absolute Gasteiger partial charge is 0.457 e. The normalized spacial score (nSPS) is 25.3. The molecule has 0 aromatic heterocycles. The van der Waals surface area contributed by atoms with E-state index in [1.165, 1.54) is 5.69 Å². The van der Waals surface area contributed by atoms with E-state index in [0.29, 0.717) is 26.1 Å². The van der Waals surface area contributed by atoms with Crippen LogP contribution in [0.25, 0.3) is 0 Å².